The van der Waals surface area contributed by atoms with Gasteiger partial charge in [0.1, 0.15) is 0 Å². The summed E-state index contributed by atoms with van der Waals surface area (Å²) in [5, 5.41) is 2.89. The second-order valence-electron chi connectivity index (χ2n) is 5.97. The number of piperidine rings is 1. The summed E-state index contributed by atoms with van der Waals surface area (Å²) < 4.78 is 1.01. The molecule has 0 radical (unpaired) electrons. The highest BCUT2D eigenvalue weighted by molar-refractivity contribution is 9.10. The van der Waals surface area contributed by atoms with Crippen LogP contribution in [0.2, 0.25) is 0 Å². The van der Waals surface area contributed by atoms with E-state index in [1.165, 1.54) is 0 Å². The number of anilines is 2. The highest BCUT2D eigenvalue weighted by Crippen LogP contribution is 2.23. The first kappa shape index (κ1) is 16.7. The van der Waals surface area contributed by atoms with Crippen molar-refractivity contribution in [2.75, 3.05) is 16.8 Å². The van der Waals surface area contributed by atoms with Crippen molar-refractivity contribution in [2.45, 2.75) is 26.2 Å². The Kier molecular flexibility index (Phi) is 5.00. The van der Waals surface area contributed by atoms with Crippen LogP contribution in [0.5, 0.6) is 0 Å². The minimum Gasteiger partial charge on any atom is -0.322 e. The lowest BCUT2D eigenvalue weighted by atomic mass is 10.1. The fourth-order valence-corrected chi connectivity index (χ4v) is 3.04. The summed E-state index contributed by atoms with van der Waals surface area (Å²) in [7, 11) is 0. The summed E-state index contributed by atoms with van der Waals surface area (Å²) in [6.45, 7) is 2.73. The summed E-state index contributed by atoms with van der Waals surface area (Å²) in [5.41, 5.74) is 3.25. The van der Waals surface area contributed by atoms with E-state index in [2.05, 4.69) is 21.2 Å². The van der Waals surface area contributed by atoms with Crippen LogP contribution < -0.4 is 10.2 Å². The Hall–Kier alpha value is -2.14. The van der Waals surface area contributed by atoms with E-state index >= 15 is 0 Å². The SMILES string of the molecule is Cc1cc(NC(=O)c2ccc(N3CCCCC3=O)cc2)ccc1Br. The molecule has 1 aliphatic heterocycles. The van der Waals surface area contributed by atoms with Gasteiger partial charge in [0.05, 0.1) is 0 Å². The minimum atomic E-state index is -0.159. The van der Waals surface area contributed by atoms with Gasteiger partial charge in [0.2, 0.25) is 5.91 Å². The number of halogens is 1. The van der Waals surface area contributed by atoms with Crippen molar-refractivity contribution < 1.29 is 9.59 Å². The van der Waals surface area contributed by atoms with E-state index < -0.39 is 0 Å². The Morgan fingerprint density at radius 1 is 1.12 bits per heavy atom. The summed E-state index contributed by atoms with van der Waals surface area (Å²) >= 11 is 3.45. The number of carbonyl (C=O) groups is 2. The highest BCUT2D eigenvalue weighted by Gasteiger charge is 2.19. The molecule has 24 heavy (non-hydrogen) atoms. The van der Waals surface area contributed by atoms with Crippen LogP contribution in [0.15, 0.2) is 46.9 Å². The van der Waals surface area contributed by atoms with Crippen molar-refractivity contribution in [3.05, 3.63) is 58.1 Å². The maximum absolute atomic E-state index is 12.4. The zero-order chi connectivity index (χ0) is 17.1. The van der Waals surface area contributed by atoms with E-state index in [0.717, 1.165) is 40.8 Å². The molecule has 1 saturated heterocycles. The standard InChI is InChI=1S/C19H19BrN2O2/c1-13-12-15(7-10-17(13)20)21-19(24)14-5-8-16(9-6-14)22-11-3-2-4-18(22)23/h5-10,12H,2-4,11H2,1H3,(H,21,24). The highest BCUT2D eigenvalue weighted by atomic mass is 79.9. The molecule has 4 nitrogen and oxygen atoms in total. The largest absolute Gasteiger partial charge is 0.322 e. The predicted molar refractivity (Wildman–Crippen MR) is 99.5 cm³/mol. The van der Waals surface area contributed by atoms with Gasteiger partial charge in [-0.15, -0.1) is 0 Å². The van der Waals surface area contributed by atoms with Crippen LogP contribution in [0.3, 0.4) is 0 Å². The number of nitrogens with one attached hydrogen (secondary N) is 1. The van der Waals surface area contributed by atoms with Crippen molar-refractivity contribution in [2.24, 2.45) is 0 Å². The number of aryl methyl sites for hydroxylation is 1. The zero-order valence-corrected chi connectivity index (χ0v) is 15.1. The van der Waals surface area contributed by atoms with Crippen molar-refractivity contribution in [1.29, 1.82) is 0 Å². The molecular weight excluding hydrogens is 368 g/mol. The number of amides is 2. The van der Waals surface area contributed by atoms with Crippen LogP contribution in [-0.4, -0.2) is 18.4 Å². The third-order valence-electron chi connectivity index (χ3n) is 4.18. The molecule has 2 aromatic carbocycles. The first-order chi connectivity index (χ1) is 11.5. The van der Waals surface area contributed by atoms with Crippen molar-refractivity contribution in [3.63, 3.8) is 0 Å². The summed E-state index contributed by atoms with van der Waals surface area (Å²) in [5.74, 6) is -0.00275. The molecule has 0 aromatic heterocycles. The minimum absolute atomic E-state index is 0.156. The molecule has 3 rings (SSSR count). The Morgan fingerprint density at radius 3 is 2.54 bits per heavy atom. The van der Waals surface area contributed by atoms with E-state index in [4.69, 9.17) is 0 Å². The maximum atomic E-state index is 12.4. The Morgan fingerprint density at radius 2 is 1.88 bits per heavy atom. The van der Waals surface area contributed by atoms with E-state index in [9.17, 15) is 9.59 Å². The van der Waals surface area contributed by atoms with Gasteiger partial charge in [-0.3, -0.25) is 9.59 Å². The van der Waals surface area contributed by atoms with Crippen molar-refractivity contribution in [1.82, 2.24) is 0 Å². The van der Waals surface area contributed by atoms with Crippen LogP contribution in [0.25, 0.3) is 0 Å². The van der Waals surface area contributed by atoms with E-state index in [-0.39, 0.29) is 11.8 Å². The average Bonchev–Trinajstić information content (AvgIpc) is 2.59. The number of hydrogen-bond donors (Lipinski definition) is 1. The van der Waals surface area contributed by atoms with Gasteiger partial charge in [0.25, 0.3) is 5.91 Å². The fourth-order valence-electron chi connectivity index (χ4n) is 2.80. The maximum Gasteiger partial charge on any atom is 0.255 e. The Balaban J connectivity index is 1.71. The first-order valence-corrected chi connectivity index (χ1v) is 8.82. The topological polar surface area (TPSA) is 49.4 Å². The molecular formula is C19H19BrN2O2. The first-order valence-electron chi connectivity index (χ1n) is 8.02. The summed E-state index contributed by atoms with van der Waals surface area (Å²) in [4.78, 5) is 26.1. The molecule has 5 heteroatoms. The van der Waals surface area contributed by atoms with Crippen molar-refractivity contribution >= 4 is 39.1 Å². The molecule has 2 amide bonds. The van der Waals surface area contributed by atoms with Crippen LogP contribution >= 0.6 is 15.9 Å². The van der Waals surface area contributed by atoms with Gasteiger partial charge in [0, 0.05) is 34.4 Å². The monoisotopic (exact) mass is 386 g/mol. The summed E-state index contributed by atoms with van der Waals surface area (Å²) in [6, 6.07) is 12.9. The molecule has 1 N–H and O–H groups in total. The number of benzene rings is 2. The molecule has 0 aliphatic carbocycles. The average molecular weight is 387 g/mol. The molecule has 0 unspecified atom stereocenters. The lowest BCUT2D eigenvalue weighted by Gasteiger charge is -2.26. The zero-order valence-electron chi connectivity index (χ0n) is 13.5. The Labute approximate surface area is 150 Å². The van der Waals surface area contributed by atoms with E-state index in [0.29, 0.717) is 12.0 Å². The third-order valence-corrected chi connectivity index (χ3v) is 5.07. The molecule has 124 valence electrons. The molecule has 1 aliphatic rings. The van der Waals surface area contributed by atoms with Gasteiger partial charge < -0.3 is 10.2 Å². The van der Waals surface area contributed by atoms with Gasteiger partial charge in [-0.2, -0.15) is 0 Å². The second kappa shape index (κ2) is 7.18. The molecule has 0 saturated carbocycles. The van der Waals surface area contributed by atoms with E-state index in [1.54, 1.807) is 17.0 Å². The van der Waals surface area contributed by atoms with Crippen molar-refractivity contribution in [3.8, 4) is 0 Å². The summed E-state index contributed by atoms with van der Waals surface area (Å²) in [6.07, 6.45) is 2.59. The molecule has 0 spiro atoms. The molecule has 0 atom stereocenters. The molecule has 1 heterocycles. The lowest BCUT2D eigenvalue weighted by Crippen LogP contribution is -2.35. The van der Waals surface area contributed by atoms with Gasteiger partial charge >= 0.3 is 0 Å². The number of hydrogen-bond acceptors (Lipinski definition) is 2. The second-order valence-corrected chi connectivity index (χ2v) is 6.82. The van der Waals surface area contributed by atoms with Gasteiger partial charge in [0.15, 0.2) is 0 Å². The predicted octanol–water partition coefficient (Wildman–Crippen LogP) is 4.53. The molecule has 2 aromatic rings. The number of nitrogens with zero attached hydrogens (tertiary/aromatic N) is 1. The third kappa shape index (κ3) is 3.67. The van der Waals surface area contributed by atoms with Gasteiger partial charge in [-0.1, -0.05) is 15.9 Å². The molecule has 1 fully saturated rings. The van der Waals surface area contributed by atoms with Crippen LogP contribution in [0.4, 0.5) is 11.4 Å². The Bertz CT molecular complexity index is 771. The molecule has 0 bridgehead atoms. The van der Waals surface area contributed by atoms with Gasteiger partial charge in [-0.05, 0) is 67.8 Å². The fraction of sp³-hybridized carbons (Fsp3) is 0.263. The lowest BCUT2D eigenvalue weighted by molar-refractivity contribution is -0.119. The van der Waals surface area contributed by atoms with Crippen LogP contribution in [0, 0.1) is 6.92 Å². The quantitative estimate of drug-likeness (QED) is 0.842. The van der Waals surface area contributed by atoms with E-state index in [1.807, 2.05) is 37.3 Å². The normalized spacial score (nSPS) is 14.6. The van der Waals surface area contributed by atoms with Gasteiger partial charge in [-0.25, -0.2) is 0 Å². The smallest absolute Gasteiger partial charge is 0.255 e. The number of carbonyl (C=O) groups excluding carboxylic acids is 2. The number of rotatable bonds is 3. The van der Waals surface area contributed by atoms with Crippen LogP contribution in [-0.2, 0) is 4.79 Å². The van der Waals surface area contributed by atoms with Crippen LogP contribution in [0.1, 0.15) is 35.2 Å².